The summed E-state index contributed by atoms with van der Waals surface area (Å²) in [5.41, 5.74) is -0.237. The second-order valence-electron chi connectivity index (χ2n) is 6.08. The lowest BCUT2D eigenvalue weighted by atomic mass is 9.84. The first-order chi connectivity index (χ1) is 10.3. The number of nitriles is 1. The molecule has 1 N–H and O–H groups in total. The molecule has 1 fully saturated rings. The average molecular weight is 326 g/mol. The third-order valence-corrected chi connectivity index (χ3v) is 5.81. The van der Waals surface area contributed by atoms with Crippen LogP contribution in [-0.2, 0) is 15.8 Å². The van der Waals surface area contributed by atoms with Gasteiger partial charge in [-0.3, -0.25) is 0 Å². The van der Waals surface area contributed by atoms with Crippen LogP contribution in [0.3, 0.4) is 0 Å². The highest BCUT2D eigenvalue weighted by Crippen LogP contribution is 2.31. The van der Waals surface area contributed by atoms with Gasteiger partial charge in [0, 0.05) is 30.7 Å². The largest absolute Gasteiger partial charge is 0.396 e. The lowest BCUT2D eigenvalue weighted by molar-refractivity contribution is 0.0810. The quantitative estimate of drug-likeness (QED) is 0.911. The summed E-state index contributed by atoms with van der Waals surface area (Å²) in [7, 11) is -3.69. The Morgan fingerprint density at radius 3 is 2.86 bits per heavy atom. The van der Waals surface area contributed by atoms with Crippen LogP contribution >= 0.6 is 0 Å². The van der Waals surface area contributed by atoms with Crippen molar-refractivity contribution in [2.45, 2.75) is 25.5 Å². The molecule has 120 valence electrons. The summed E-state index contributed by atoms with van der Waals surface area (Å²) in [6, 6.07) is 5.56. The Kier molecular flexibility index (Phi) is 4.85. The van der Waals surface area contributed by atoms with Gasteiger partial charge in [0.15, 0.2) is 0 Å². The number of hydrogen-bond acceptors (Lipinski definition) is 4. The van der Waals surface area contributed by atoms with Gasteiger partial charge in [0.05, 0.1) is 17.4 Å². The molecule has 5 nitrogen and oxygen atoms in total. The molecule has 1 unspecified atom stereocenters. The number of nitrogens with zero attached hydrogens (tertiary/aromatic N) is 2. The average Bonchev–Trinajstić information content (AvgIpc) is 2.49. The van der Waals surface area contributed by atoms with Crippen molar-refractivity contribution >= 4 is 10.0 Å². The minimum atomic E-state index is -3.69. The molecular formula is C15H19FN2O3S. The summed E-state index contributed by atoms with van der Waals surface area (Å²) in [5, 5.41) is 18.3. The minimum Gasteiger partial charge on any atom is -0.396 e. The zero-order valence-electron chi connectivity index (χ0n) is 12.4. The van der Waals surface area contributed by atoms with Crippen LogP contribution in [0.25, 0.3) is 0 Å². The molecule has 1 atom stereocenters. The third kappa shape index (κ3) is 3.64. The van der Waals surface area contributed by atoms with E-state index < -0.39 is 27.0 Å². The normalized spacial score (nSPS) is 23.2. The first-order valence-corrected chi connectivity index (χ1v) is 8.68. The Morgan fingerprint density at radius 2 is 2.23 bits per heavy atom. The standard InChI is InChI=1S/C15H19FN2O3S/c1-15(11-19)5-2-6-18(10-15)22(20,21)9-13-7-12(8-17)3-4-14(13)16/h3-4,7,19H,2,5-6,9-11H2,1H3. The Balaban J connectivity index is 2.23. The van der Waals surface area contributed by atoms with E-state index >= 15 is 0 Å². The maximum absolute atomic E-state index is 13.8. The van der Waals surface area contributed by atoms with Crippen LogP contribution in [0.15, 0.2) is 18.2 Å². The van der Waals surface area contributed by atoms with Crippen LogP contribution in [0.4, 0.5) is 4.39 Å². The van der Waals surface area contributed by atoms with E-state index in [4.69, 9.17) is 5.26 Å². The predicted molar refractivity (Wildman–Crippen MR) is 79.7 cm³/mol. The van der Waals surface area contributed by atoms with Gasteiger partial charge >= 0.3 is 0 Å². The third-order valence-electron chi connectivity index (χ3n) is 4.03. The minimum absolute atomic E-state index is 0.00433. The highest BCUT2D eigenvalue weighted by molar-refractivity contribution is 7.88. The zero-order valence-corrected chi connectivity index (χ0v) is 13.2. The van der Waals surface area contributed by atoms with E-state index in [9.17, 15) is 17.9 Å². The van der Waals surface area contributed by atoms with E-state index in [1.54, 1.807) is 0 Å². The van der Waals surface area contributed by atoms with Crippen molar-refractivity contribution in [2.24, 2.45) is 5.41 Å². The number of hydrogen-bond donors (Lipinski definition) is 1. The highest BCUT2D eigenvalue weighted by Gasteiger charge is 2.36. The van der Waals surface area contributed by atoms with Crippen LogP contribution in [0.5, 0.6) is 0 Å². The fourth-order valence-corrected chi connectivity index (χ4v) is 4.39. The van der Waals surface area contributed by atoms with E-state index in [2.05, 4.69) is 0 Å². The highest BCUT2D eigenvalue weighted by atomic mass is 32.2. The number of rotatable bonds is 4. The molecule has 0 aliphatic carbocycles. The van der Waals surface area contributed by atoms with Crippen LogP contribution in [0, 0.1) is 22.6 Å². The maximum Gasteiger partial charge on any atom is 0.218 e. The van der Waals surface area contributed by atoms with Crippen molar-refractivity contribution in [1.29, 1.82) is 5.26 Å². The fourth-order valence-electron chi connectivity index (χ4n) is 2.68. The summed E-state index contributed by atoms with van der Waals surface area (Å²) >= 11 is 0. The molecule has 1 heterocycles. The molecule has 0 radical (unpaired) electrons. The monoisotopic (exact) mass is 326 g/mol. The maximum atomic E-state index is 13.8. The SMILES string of the molecule is CC1(CO)CCCN(S(=O)(=O)Cc2cc(C#N)ccc2F)C1. The molecule has 1 aromatic rings. The molecule has 0 aromatic heterocycles. The Bertz CT molecular complexity index is 699. The van der Waals surface area contributed by atoms with Gasteiger partial charge < -0.3 is 5.11 Å². The lowest BCUT2D eigenvalue weighted by Crippen LogP contribution is -2.46. The van der Waals surface area contributed by atoms with Gasteiger partial charge in [-0.1, -0.05) is 6.92 Å². The van der Waals surface area contributed by atoms with E-state index in [0.717, 1.165) is 12.5 Å². The second kappa shape index (κ2) is 6.32. The van der Waals surface area contributed by atoms with Crippen LogP contribution < -0.4 is 0 Å². The zero-order chi connectivity index (χ0) is 16.4. The molecule has 2 rings (SSSR count). The predicted octanol–water partition coefficient (Wildman–Crippen LogP) is 1.62. The van der Waals surface area contributed by atoms with Gasteiger partial charge in [0.2, 0.25) is 10.0 Å². The van der Waals surface area contributed by atoms with Crippen LogP contribution in [-0.4, -0.2) is 37.5 Å². The van der Waals surface area contributed by atoms with Crippen LogP contribution in [0.2, 0.25) is 0 Å². The number of sulfonamides is 1. The molecule has 1 aliphatic heterocycles. The molecule has 22 heavy (non-hydrogen) atoms. The summed E-state index contributed by atoms with van der Waals surface area (Å²) < 4.78 is 40.1. The topological polar surface area (TPSA) is 81.4 Å². The number of aliphatic hydroxyl groups excluding tert-OH is 1. The van der Waals surface area contributed by atoms with Gasteiger partial charge in [-0.2, -0.15) is 5.26 Å². The lowest BCUT2D eigenvalue weighted by Gasteiger charge is -2.38. The van der Waals surface area contributed by atoms with Gasteiger partial charge in [-0.15, -0.1) is 0 Å². The number of halogens is 1. The van der Waals surface area contributed by atoms with E-state index in [1.165, 1.54) is 16.4 Å². The fraction of sp³-hybridized carbons (Fsp3) is 0.533. The van der Waals surface area contributed by atoms with Gasteiger partial charge in [-0.05, 0) is 31.0 Å². The van der Waals surface area contributed by atoms with Crippen molar-refractivity contribution in [3.8, 4) is 6.07 Å². The smallest absolute Gasteiger partial charge is 0.218 e. The van der Waals surface area contributed by atoms with E-state index in [0.29, 0.717) is 13.0 Å². The van der Waals surface area contributed by atoms with Crippen molar-refractivity contribution in [2.75, 3.05) is 19.7 Å². The molecule has 1 saturated heterocycles. The molecule has 7 heteroatoms. The second-order valence-corrected chi connectivity index (χ2v) is 8.05. The Hall–Kier alpha value is -1.49. The Labute approximate surface area is 130 Å². The summed E-state index contributed by atoms with van der Waals surface area (Å²) in [4.78, 5) is 0. The number of piperidine rings is 1. The number of benzene rings is 1. The first kappa shape index (κ1) is 16.9. The molecule has 0 bridgehead atoms. The Morgan fingerprint density at radius 1 is 1.50 bits per heavy atom. The molecule has 0 saturated carbocycles. The van der Waals surface area contributed by atoms with Crippen molar-refractivity contribution < 1.29 is 17.9 Å². The van der Waals surface area contributed by atoms with Gasteiger partial charge in [0.25, 0.3) is 0 Å². The van der Waals surface area contributed by atoms with Crippen LogP contribution in [0.1, 0.15) is 30.9 Å². The molecule has 0 spiro atoms. The van der Waals surface area contributed by atoms with Crippen molar-refractivity contribution in [1.82, 2.24) is 4.31 Å². The van der Waals surface area contributed by atoms with E-state index in [-0.39, 0.29) is 24.3 Å². The van der Waals surface area contributed by atoms with Crippen molar-refractivity contribution in [3.63, 3.8) is 0 Å². The number of aliphatic hydroxyl groups is 1. The van der Waals surface area contributed by atoms with Gasteiger partial charge in [-0.25, -0.2) is 17.1 Å². The van der Waals surface area contributed by atoms with E-state index in [1.807, 2.05) is 13.0 Å². The van der Waals surface area contributed by atoms with Crippen molar-refractivity contribution in [3.05, 3.63) is 35.1 Å². The summed E-state index contributed by atoms with van der Waals surface area (Å²) in [5.74, 6) is -1.11. The molecule has 1 aromatic carbocycles. The summed E-state index contributed by atoms with van der Waals surface area (Å²) in [6.45, 7) is 2.35. The summed E-state index contributed by atoms with van der Waals surface area (Å²) in [6.07, 6.45) is 1.42. The van der Waals surface area contributed by atoms with Gasteiger partial charge in [0.1, 0.15) is 5.82 Å². The molecule has 0 amide bonds. The molecular weight excluding hydrogens is 307 g/mol. The first-order valence-electron chi connectivity index (χ1n) is 7.07. The molecule has 1 aliphatic rings.